The third-order valence-corrected chi connectivity index (χ3v) is 4.98. The molecule has 6 nitrogen and oxygen atoms in total. The highest BCUT2D eigenvalue weighted by molar-refractivity contribution is 7.97. The Morgan fingerprint density at radius 1 is 1.44 bits per heavy atom. The van der Waals surface area contributed by atoms with Gasteiger partial charge in [-0.2, -0.15) is 11.8 Å². The van der Waals surface area contributed by atoms with Crippen LogP contribution in [0, 0.1) is 5.92 Å². The average Bonchev–Trinajstić information content (AvgIpc) is 3.06. The highest BCUT2D eigenvalue weighted by Gasteiger charge is 2.36. The van der Waals surface area contributed by atoms with Crippen LogP contribution in [-0.4, -0.2) is 35.5 Å². The third kappa shape index (κ3) is 4.16. The second kappa shape index (κ2) is 7.93. The van der Waals surface area contributed by atoms with E-state index in [9.17, 15) is 9.90 Å². The summed E-state index contributed by atoms with van der Waals surface area (Å²) in [7, 11) is 1.56. The van der Waals surface area contributed by atoms with Gasteiger partial charge in [0, 0.05) is 12.3 Å². The van der Waals surface area contributed by atoms with Gasteiger partial charge >= 0.3 is 0 Å². The lowest BCUT2D eigenvalue weighted by Crippen LogP contribution is -2.41. The fraction of sp³-hybridized carbons (Fsp3) is 0.444. The zero-order valence-corrected chi connectivity index (χ0v) is 15.1. The Labute approximate surface area is 151 Å². The number of carbonyl (C=O) groups is 1. The SMILES string of the molecule is COc1ccc(C(NC(=O)c2ccc(CSC)o2)C2CC(O)C2)cn1. The Morgan fingerprint density at radius 2 is 2.24 bits per heavy atom. The molecule has 2 heterocycles. The maximum atomic E-state index is 12.6. The molecule has 134 valence electrons. The van der Waals surface area contributed by atoms with E-state index in [4.69, 9.17) is 9.15 Å². The summed E-state index contributed by atoms with van der Waals surface area (Å²) in [6, 6.07) is 6.96. The molecule has 2 N–H and O–H groups in total. The van der Waals surface area contributed by atoms with Crippen molar-refractivity contribution in [1.82, 2.24) is 10.3 Å². The summed E-state index contributed by atoms with van der Waals surface area (Å²) in [5.41, 5.74) is 0.891. The number of furan rings is 1. The Morgan fingerprint density at radius 3 is 2.84 bits per heavy atom. The molecule has 0 aliphatic heterocycles. The van der Waals surface area contributed by atoms with Crippen molar-refractivity contribution in [3.63, 3.8) is 0 Å². The molecule has 2 aromatic rings. The van der Waals surface area contributed by atoms with Gasteiger partial charge in [-0.3, -0.25) is 4.79 Å². The first-order valence-corrected chi connectivity index (χ1v) is 9.56. The Bertz CT molecular complexity index is 710. The summed E-state index contributed by atoms with van der Waals surface area (Å²) < 4.78 is 10.7. The summed E-state index contributed by atoms with van der Waals surface area (Å²) in [5, 5.41) is 12.7. The van der Waals surface area contributed by atoms with Crippen LogP contribution in [0.15, 0.2) is 34.9 Å². The molecule has 1 fully saturated rings. The Hall–Kier alpha value is -1.99. The molecular weight excluding hydrogens is 340 g/mol. The number of nitrogens with zero attached hydrogens (tertiary/aromatic N) is 1. The van der Waals surface area contributed by atoms with Crippen LogP contribution >= 0.6 is 11.8 Å². The zero-order chi connectivity index (χ0) is 17.8. The van der Waals surface area contributed by atoms with E-state index in [1.54, 1.807) is 37.2 Å². The molecule has 0 radical (unpaired) electrons. The van der Waals surface area contributed by atoms with Crippen molar-refractivity contribution < 1.29 is 19.1 Å². The molecule has 2 aromatic heterocycles. The van der Waals surface area contributed by atoms with Gasteiger partial charge in [-0.1, -0.05) is 6.07 Å². The number of rotatable bonds is 7. The maximum absolute atomic E-state index is 12.6. The van der Waals surface area contributed by atoms with E-state index in [0.29, 0.717) is 24.5 Å². The van der Waals surface area contributed by atoms with Crippen LogP contribution in [0.4, 0.5) is 0 Å². The normalized spacial score (nSPS) is 20.6. The van der Waals surface area contributed by atoms with Gasteiger partial charge in [-0.15, -0.1) is 0 Å². The van der Waals surface area contributed by atoms with E-state index in [-0.39, 0.29) is 24.0 Å². The quantitative estimate of drug-likeness (QED) is 0.788. The molecule has 0 saturated heterocycles. The van der Waals surface area contributed by atoms with Gasteiger partial charge in [0.1, 0.15) is 5.76 Å². The van der Waals surface area contributed by atoms with E-state index in [2.05, 4.69) is 10.3 Å². The van der Waals surface area contributed by atoms with Crippen molar-refractivity contribution in [3.05, 3.63) is 47.5 Å². The van der Waals surface area contributed by atoms with E-state index in [1.807, 2.05) is 18.4 Å². The van der Waals surface area contributed by atoms with Crippen molar-refractivity contribution in [3.8, 4) is 5.88 Å². The second-order valence-electron chi connectivity index (χ2n) is 6.17. The highest BCUT2D eigenvalue weighted by Crippen LogP contribution is 2.38. The first kappa shape index (κ1) is 17.8. The largest absolute Gasteiger partial charge is 0.481 e. The lowest BCUT2D eigenvalue weighted by molar-refractivity contribution is 0.0231. The van der Waals surface area contributed by atoms with Crippen molar-refractivity contribution in [2.24, 2.45) is 5.92 Å². The smallest absolute Gasteiger partial charge is 0.287 e. The number of aliphatic hydroxyl groups is 1. The zero-order valence-electron chi connectivity index (χ0n) is 14.3. The molecule has 1 atom stereocenters. The topological polar surface area (TPSA) is 84.6 Å². The summed E-state index contributed by atoms with van der Waals surface area (Å²) in [6.45, 7) is 0. The van der Waals surface area contributed by atoms with Crippen LogP contribution < -0.4 is 10.1 Å². The first-order valence-electron chi connectivity index (χ1n) is 8.17. The number of thioether (sulfide) groups is 1. The minimum absolute atomic E-state index is 0.176. The van der Waals surface area contributed by atoms with Crippen LogP contribution in [0.2, 0.25) is 0 Å². The fourth-order valence-corrected chi connectivity index (χ4v) is 3.44. The molecule has 1 amide bonds. The van der Waals surface area contributed by atoms with E-state index in [0.717, 1.165) is 17.1 Å². The monoisotopic (exact) mass is 362 g/mol. The van der Waals surface area contributed by atoms with Crippen molar-refractivity contribution in [2.45, 2.75) is 30.7 Å². The maximum Gasteiger partial charge on any atom is 0.287 e. The van der Waals surface area contributed by atoms with Gasteiger partial charge in [-0.25, -0.2) is 4.98 Å². The summed E-state index contributed by atoms with van der Waals surface area (Å²) in [5.74, 6) is 2.25. The number of carbonyl (C=O) groups excluding carboxylic acids is 1. The molecule has 0 spiro atoms. The molecule has 1 aliphatic carbocycles. The number of aromatic nitrogens is 1. The molecular formula is C18H22N2O4S. The summed E-state index contributed by atoms with van der Waals surface area (Å²) >= 11 is 1.64. The number of nitrogens with one attached hydrogen (secondary N) is 1. The average molecular weight is 362 g/mol. The van der Waals surface area contributed by atoms with Crippen molar-refractivity contribution in [1.29, 1.82) is 0 Å². The third-order valence-electron chi connectivity index (χ3n) is 4.41. The number of amides is 1. The molecule has 1 saturated carbocycles. The van der Waals surface area contributed by atoms with Crippen LogP contribution in [0.25, 0.3) is 0 Å². The van der Waals surface area contributed by atoms with Crippen LogP contribution in [0.1, 0.15) is 40.8 Å². The van der Waals surface area contributed by atoms with E-state index in [1.165, 1.54) is 0 Å². The van der Waals surface area contributed by atoms with Gasteiger partial charge in [0.15, 0.2) is 5.76 Å². The van der Waals surface area contributed by atoms with Crippen LogP contribution in [0.3, 0.4) is 0 Å². The van der Waals surface area contributed by atoms with Gasteiger partial charge in [0.25, 0.3) is 5.91 Å². The number of ether oxygens (including phenoxy) is 1. The van der Waals surface area contributed by atoms with Gasteiger partial charge < -0.3 is 19.6 Å². The van der Waals surface area contributed by atoms with Gasteiger partial charge in [0.2, 0.25) is 5.88 Å². The first-order chi connectivity index (χ1) is 12.1. The lowest BCUT2D eigenvalue weighted by atomic mass is 9.75. The van der Waals surface area contributed by atoms with Crippen molar-refractivity contribution in [2.75, 3.05) is 13.4 Å². The van der Waals surface area contributed by atoms with Crippen molar-refractivity contribution >= 4 is 17.7 Å². The minimum atomic E-state index is -0.299. The van der Waals surface area contributed by atoms with Crippen LogP contribution in [-0.2, 0) is 5.75 Å². The predicted octanol–water partition coefficient (Wildman–Crippen LogP) is 2.79. The second-order valence-corrected chi connectivity index (χ2v) is 7.04. The molecule has 7 heteroatoms. The summed E-state index contributed by atoms with van der Waals surface area (Å²) in [6.07, 6.45) is 4.71. The lowest BCUT2D eigenvalue weighted by Gasteiger charge is -2.38. The molecule has 0 aromatic carbocycles. The molecule has 1 aliphatic rings. The summed E-state index contributed by atoms with van der Waals surface area (Å²) in [4.78, 5) is 16.8. The molecule has 25 heavy (non-hydrogen) atoms. The van der Waals surface area contributed by atoms with Gasteiger partial charge in [-0.05, 0) is 42.7 Å². The van der Waals surface area contributed by atoms with Gasteiger partial charge in [0.05, 0.1) is 25.0 Å². The Kier molecular flexibility index (Phi) is 5.65. The number of aliphatic hydroxyl groups excluding tert-OH is 1. The predicted molar refractivity (Wildman–Crippen MR) is 95.7 cm³/mol. The Balaban J connectivity index is 1.75. The standard InChI is InChI=1S/C18H22N2O4S/c1-23-16-6-3-11(9-19-16)17(12-7-13(21)8-12)20-18(22)15-5-4-14(24-15)10-25-2/h3-6,9,12-13,17,21H,7-8,10H2,1-2H3,(H,20,22). The number of hydrogen-bond acceptors (Lipinski definition) is 6. The van der Waals surface area contributed by atoms with E-state index >= 15 is 0 Å². The molecule has 1 unspecified atom stereocenters. The number of hydrogen-bond donors (Lipinski definition) is 2. The number of pyridine rings is 1. The fourth-order valence-electron chi connectivity index (χ4n) is 3.00. The molecule has 0 bridgehead atoms. The molecule has 3 rings (SSSR count). The van der Waals surface area contributed by atoms with E-state index < -0.39 is 0 Å². The highest BCUT2D eigenvalue weighted by atomic mass is 32.2. The number of methoxy groups -OCH3 is 1. The minimum Gasteiger partial charge on any atom is -0.481 e. The van der Waals surface area contributed by atoms with Crippen LogP contribution in [0.5, 0.6) is 5.88 Å².